The third-order valence-electron chi connectivity index (χ3n) is 5.67. The molecule has 0 radical (unpaired) electrons. The van der Waals surface area contributed by atoms with E-state index in [1.807, 2.05) is 30.0 Å². The second-order valence-electron chi connectivity index (χ2n) is 9.81. The fourth-order valence-electron chi connectivity index (χ4n) is 4.25. The minimum Gasteiger partial charge on any atom is -0.443 e. The number of hydrogen-bond acceptors (Lipinski definition) is 5. The van der Waals surface area contributed by atoms with E-state index < -0.39 is 29.5 Å². The minimum absolute atomic E-state index is 0.0214. The van der Waals surface area contributed by atoms with Gasteiger partial charge in [-0.25, -0.2) is 14.3 Å². The lowest BCUT2D eigenvalue weighted by atomic mass is 10.1. The van der Waals surface area contributed by atoms with E-state index in [-0.39, 0.29) is 17.9 Å². The lowest BCUT2D eigenvalue weighted by Crippen LogP contribution is -2.31. The van der Waals surface area contributed by atoms with Crippen molar-refractivity contribution in [3.63, 3.8) is 0 Å². The first-order valence-corrected chi connectivity index (χ1v) is 11.2. The quantitative estimate of drug-likeness (QED) is 0.534. The maximum absolute atomic E-state index is 13.1. The SMILES string of the molecule is Cc1ccc2c(c1)c1c(n2C(=O)OC(C)(C)C)CN(CC(=O)Nc2ccc(C)c(C(F)(F)F)n2)C1. The molecule has 0 fully saturated rings. The van der Waals surface area contributed by atoms with Gasteiger partial charge in [-0.2, -0.15) is 13.2 Å². The summed E-state index contributed by atoms with van der Waals surface area (Å²) in [4.78, 5) is 31.1. The molecule has 0 bridgehead atoms. The third kappa shape index (κ3) is 5.17. The lowest BCUT2D eigenvalue weighted by molar-refractivity contribution is -0.141. The smallest absolute Gasteiger partial charge is 0.433 e. The number of halogens is 3. The first-order chi connectivity index (χ1) is 16.2. The number of aryl methyl sites for hydroxylation is 2. The number of benzene rings is 1. The zero-order valence-electron chi connectivity index (χ0n) is 20.2. The van der Waals surface area contributed by atoms with Crippen molar-refractivity contribution in [1.29, 1.82) is 0 Å². The van der Waals surface area contributed by atoms with E-state index in [9.17, 15) is 22.8 Å². The van der Waals surface area contributed by atoms with Crippen LogP contribution in [0.25, 0.3) is 10.9 Å². The molecule has 0 atom stereocenters. The molecule has 4 rings (SSSR count). The molecule has 1 aliphatic rings. The van der Waals surface area contributed by atoms with Gasteiger partial charge in [0.1, 0.15) is 17.1 Å². The van der Waals surface area contributed by atoms with Crippen molar-refractivity contribution in [2.75, 3.05) is 11.9 Å². The highest BCUT2D eigenvalue weighted by molar-refractivity contribution is 5.95. The summed E-state index contributed by atoms with van der Waals surface area (Å²) in [6, 6.07) is 8.41. The highest BCUT2D eigenvalue weighted by atomic mass is 19.4. The van der Waals surface area contributed by atoms with Crippen LogP contribution in [0.2, 0.25) is 0 Å². The van der Waals surface area contributed by atoms with Crippen LogP contribution in [0.4, 0.5) is 23.8 Å². The molecule has 10 heteroatoms. The van der Waals surface area contributed by atoms with E-state index in [2.05, 4.69) is 10.3 Å². The Labute approximate surface area is 200 Å². The molecule has 3 heterocycles. The second-order valence-corrected chi connectivity index (χ2v) is 9.81. The summed E-state index contributed by atoms with van der Waals surface area (Å²) in [5.74, 6) is -0.659. The van der Waals surface area contributed by atoms with Crippen LogP contribution in [0.15, 0.2) is 30.3 Å². The van der Waals surface area contributed by atoms with Crippen molar-refractivity contribution in [3.05, 3.63) is 58.4 Å². The average molecular weight is 489 g/mol. The fraction of sp³-hybridized carbons (Fsp3) is 0.400. The predicted molar refractivity (Wildman–Crippen MR) is 125 cm³/mol. The summed E-state index contributed by atoms with van der Waals surface area (Å²) >= 11 is 0. The van der Waals surface area contributed by atoms with Crippen molar-refractivity contribution in [2.24, 2.45) is 0 Å². The molecule has 1 aromatic carbocycles. The number of fused-ring (bicyclic) bond motifs is 3. The van der Waals surface area contributed by atoms with Crippen LogP contribution in [-0.4, -0.2) is 38.6 Å². The molecule has 0 spiro atoms. The molecule has 0 saturated carbocycles. The summed E-state index contributed by atoms with van der Waals surface area (Å²) in [6.45, 7) is 9.30. The molecule has 3 aromatic rings. The molecule has 186 valence electrons. The number of pyridine rings is 1. The summed E-state index contributed by atoms with van der Waals surface area (Å²) in [7, 11) is 0. The Kier molecular flexibility index (Phi) is 6.12. The summed E-state index contributed by atoms with van der Waals surface area (Å²) in [5.41, 5.74) is 1.70. The van der Waals surface area contributed by atoms with Gasteiger partial charge < -0.3 is 10.1 Å². The van der Waals surface area contributed by atoms with Crippen LogP contribution >= 0.6 is 0 Å². The molecule has 2 aromatic heterocycles. The van der Waals surface area contributed by atoms with E-state index in [0.29, 0.717) is 13.1 Å². The number of ether oxygens (including phenoxy) is 1. The minimum atomic E-state index is -4.61. The van der Waals surface area contributed by atoms with Gasteiger partial charge in [-0.1, -0.05) is 17.7 Å². The first kappa shape index (κ1) is 24.7. The van der Waals surface area contributed by atoms with Crippen molar-refractivity contribution < 1.29 is 27.5 Å². The standard InChI is InChI=1S/C25H27F3N4O3/c1-14-6-8-18-16(10-14)17-11-31(12-19(17)32(18)23(34)35-24(3,4)5)13-21(33)29-20-9-7-15(2)22(30-20)25(26,27)28/h6-10H,11-13H2,1-5H3,(H,29,30,33). The van der Waals surface area contributed by atoms with Gasteiger partial charge in [-0.3, -0.25) is 9.69 Å². The molecule has 7 nitrogen and oxygen atoms in total. The van der Waals surface area contributed by atoms with E-state index in [1.165, 1.54) is 19.1 Å². The number of carbonyl (C=O) groups is 2. The lowest BCUT2D eigenvalue weighted by Gasteiger charge is -2.21. The number of aromatic nitrogens is 2. The summed E-state index contributed by atoms with van der Waals surface area (Å²) < 4.78 is 46.6. The van der Waals surface area contributed by atoms with Gasteiger partial charge in [0.05, 0.1) is 12.1 Å². The molecular weight excluding hydrogens is 461 g/mol. The number of nitrogens with zero attached hydrogens (tertiary/aromatic N) is 3. The van der Waals surface area contributed by atoms with Crippen LogP contribution in [0.3, 0.4) is 0 Å². The Morgan fingerprint density at radius 3 is 2.46 bits per heavy atom. The van der Waals surface area contributed by atoms with Crippen molar-refractivity contribution >= 4 is 28.7 Å². The van der Waals surface area contributed by atoms with Gasteiger partial charge in [0.25, 0.3) is 0 Å². The Morgan fingerprint density at radius 2 is 1.80 bits per heavy atom. The van der Waals surface area contributed by atoms with Gasteiger partial charge in [-0.15, -0.1) is 0 Å². The van der Waals surface area contributed by atoms with Crippen LogP contribution in [0, 0.1) is 13.8 Å². The molecule has 35 heavy (non-hydrogen) atoms. The van der Waals surface area contributed by atoms with Gasteiger partial charge in [0.15, 0.2) is 0 Å². The first-order valence-electron chi connectivity index (χ1n) is 11.2. The summed E-state index contributed by atoms with van der Waals surface area (Å²) in [6.07, 6.45) is -5.11. The second kappa shape index (κ2) is 8.67. The van der Waals surface area contributed by atoms with Gasteiger partial charge in [-0.05, 0) is 63.9 Å². The highest BCUT2D eigenvalue weighted by Crippen LogP contribution is 2.35. The molecule has 1 aliphatic heterocycles. The molecule has 0 aliphatic carbocycles. The number of hydrogen-bond donors (Lipinski definition) is 1. The molecule has 1 N–H and O–H groups in total. The molecule has 1 amide bonds. The largest absolute Gasteiger partial charge is 0.443 e. The van der Waals surface area contributed by atoms with Crippen molar-refractivity contribution in [2.45, 2.75) is 59.5 Å². The Hall–Kier alpha value is -3.40. The molecular formula is C25H27F3N4O3. The maximum Gasteiger partial charge on any atom is 0.433 e. The predicted octanol–water partition coefficient (Wildman–Crippen LogP) is 5.41. The maximum atomic E-state index is 13.1. The van der Waals surface area contributed by atoms with Gasteiger partial charge in [0, 0.05) is 24.2 Å². The topological polar surface area (TPSA) is 76.5 Å². The van der Waals surface area contributed by atoms with E-state index in [1.54, 1.807) is 25.3 Å². The number of rotatable bonds is 3. The number of anilines is 1. The average Bonchev–Trinajstić information content (AvgIpc) is 3.23. The molecule has 0 unspecified atom stereocenters. The zero-order chi connectivity index (χ0) is 25.7. The Morgan fingerprint density at radius 1 is 1.09 bits per heavy atom. The van der Waals surface area contributed by atoms with Gasteiger partial charge in [0.2, 0.25) is 5.91 Å². The van der Waals surface area contributed by atoms with Crippen LogP contribution in [-0.2, 0) is 28.8 Å². The van der Waals surface area contributed by atoms with Crippen LogP contribution < -0.4 is 5.32 Å². The number of carbonyl (C=O) groups excluding carboxylic acids is 2. The van der Waals surface area contributed by atoms with Crippen LogP contribution in [0.5, 0.6) is 0 Å². The summed E-state index contributed by atoms with van der Waals surface area (Å²) in [5, 5.41) is 3.36. The third-order valence-corrected chi connectivity index (χ3v) is 5.67. The van der Waals surface area contributed by atoms with Gasteiger partial charge >= 0.3 is 12.3 Å². The van der Waals surface area contributed by atoms with Crippen molar-refractivity contribution in [3.8, 4) is 0 Å². The fourth-order valence-corrected chi connectivity index (χ4v) is 4.25. The number of amides is 1. The molecule has 0 saturated heterocycles. The number of nitrogens with one attached hydrogen (secondary N) is 1. The van der Waals surface area contributed by atoms with E-state index in [0.717, 1.165) is 27.7 Å². The normalized spacial score (nSPS) is 14.3. The van der Waals surface area contributed by atoms with Crippen molar-refractivity contribution in [1.82, 2.24) is 14.5 Å². The van der Waals surface area contributed by atoms with E-state index in [4.69, 9.17) is 4.74 Å². The Bertz CT molecular complexity index is 1320. The monoisotopic (exact) mass is 488 g/mol. The van der Waals surface area contributed by atoms with E-state index >= 15 is 0 Å². The number of alkyl halides is 3. The highest BCUT2D eigenvalue weighted by Gasteiger charge is 2.35. The van der Waals surface area contributed by atoms with Crippen LogP contribution in [0.1, 0.15) is 48.8 Å². The zero-order valence-corrected chi connectivity index (χ0v) is 20.2. The Balaban J connectivity index is 1.55.